The summed E-state index contributed by atoms with van der Waals surface area (Å²) in [5.74, 6) is 0.100. The maximum atomic E-state index is 12.1. The van der Waals surface area contributed by atoms with Crippen LogP contribution in [0, 0.1) is 11.8 Å². The van der Waals surface area contributed by atoms with Crippen LogP contribution in [0.4, 0.5) is 0 Å². The van der Waals surface area contributed by atoms with Gasteiger partial charge in [0.15, 0.2) is 0 Å². The van der Waals surface area contributed by atoms with E-state index < -0.39 is 5.92 Å². The fourth-order valence-electron chi connectivity index (χ4n) is 2.88. The molecule has 0 unspecified atom stereocenters. The zero-order chi connectivity index (χ0) is 17.0. The van der Waals surface area contributed by atoms with E-state index in [0.717, 1.165) is 23.3 Å². The molecule has 4 nitrogen and oxygen atoms in total. The van der Waals surface area contributed by atoms with Crippen molar-refractivity contribution in [1.82, 2.24) is 5.32 Å². The Morgan fingerprint density at radius 1 is 1.22 bits per heavy atom. The van der Waals surface area contributed by atoms with E-state index in [9.17, 15) is 9.59 Å². The van der Waals surface area contributed by atoms with Crippen LogP contribution < -0.4 is 10.1 Å². The molecule has 1 N–H and O–H groups in total. The summed E-state index contributed by atoms with van der Waals surface area (Å²) in [4.78, 5) is 24.1. The first-order valence-electron chi connectivity index (χ1n) is 8.10. The molecule has 0 radical (unpaired) electrons. The maximum Gasteiger partial charge on any atom is 0.234 e. The Kier molecular flexibility index (Phi) is 5.59. The first-order chi connectivity index (χ1) is 10.9. The van der Waals surface area contributed by atoms with Crippen LogP contribution in [0.5, 0.6) is 5.75 Å². The van der Waals surface area contributed by atoms with Gasteiger partial charge in [-0.2, -0.15) is 0 Å². The van der Waals surface area contributed by atoms with Gasteiger partial charge in [0.2, 0.25) is 11.8 Å². The Bertz CT molecular complexity index is 589. The summed E-state index contributed by atoms with van der Waals surface area (Å²) in [7, 11) is 0. The van der Waals surface area contributed by atoms with E-state index in [2.05, 4.69) is 25.7 Å². The number of carbonyl (C=O) groups excluding carboxylic acids is 2. The largest absolute Gasteiger partial charge is 0.493 e. The van der Waals surface area contributed by atoms with Gasteiger partial charge in [0, 0.05) is 6.42 Å². The molecule has 1 aliphatic rings. The molecule has 2 amide bonds. The third-order valence-corrected chi connectivity index (χ3v) is 4.03. The Hall–Kier alpha value is -2.10. The molecule has 1 aromatic carbocycles. The highest BCUT2D eigenvalue weighted by molar-refractivity contribution is 6.07. The molecule has 23 heavy (non-hydrogen) atoms. The highest BCUT2D eigenvalue weighted by Gasteiger charge is 2.42. The molecule has 2 atom stereocenters. The molecule has 1 saturated heterocycles. The Morgan fingerprint density at radius 2 is 1.87 bits per heavy atom. The van der Waals surface area contributed by atoms with Gasteiger partial charge in [-0.1, -0.05) is 31.6 Å². The molecule has 1 fully saturated rings. The van der Waals surface area contributed by atoms with E-state index in [4.69, 9.17) is 4.74 Å². The number of amides is 2. The van der Waals surface area contributed by atoms with Gasteiger partial charge in [-0.3, -0.25) is 14.9 Å². The number of nitrogens with one attached hydrogen (secondary N) is 1. The molecule has 0 bridgehead atoms. The molecule has 1 heterocycles. The predicted octanol–water partition coefficient (Wildman–Crippen LogP) is 3.43. The first kappa shape index (κ1) is 17.3. The van der Waals surface area contributed by atoms with Crippen molar-refractivity contribution in [2.24, 2.45) is 11.8 Å². The molecule has 0 aromatic heterocycles. The van der Waals surface area contributed by atoms with Crippen molar-refractivity contribution in [1.29, 1.82) is 0 Å². The van der Waals surface area contributed by atoms with Gasteiger partial charge in [0.1, 0.15) is 5.75 Å². The van der Waals surface area contributed by atoms with Gasteiger partial charge in [-0.15, -0.1) is 6.58 Å². The average Bonchev–Trinajstić information content (AvgIpc) is 2.73. The van der Waals surface area contributed by atoms with E-state index in [1.165, 1.54) is 0 Å². The number of hydrogen-bond acceptors (Lipinski definition) is 3. The summed E-state index contributed by atoms with van der Waals surface area (Å²) in [6, 6.07) is 7.48. The van der Waals surface area contributed by atoms with Crippen LogP contribution in [0.1, 0.15) is 45.1 Å². The fourth-order valence-corrected chi connectivity index (χ4v) is 2.88. The van der Waals surface area contributed by atoms with Crippen molar-refractivity contribution in [3.63, 3.8) is 0 Å². The number of ether oxygens (including phenoxy) is 1. The lowest BCUT2D eigenvalue weighted by Crippen LogP contribution is -2.22. The summed E-state index contributed by atoms with van der Waals surface area (Å²) < 4.78 is 5.65. The standard InChI is InChI=1S/C19H25NO3/c1-12(2)9-10-23-15-7-5-14(6-8-15)17-16(11-13(3)4)18(21)20-19(17)22/h5-8,13,16-17H,1,9-11H2,2-4H3,(H,20,21,22)/t16-,17-/m1/s1. The number of rotatable bonds is 7. The smallest absolute Gasteiger partial charge is 0.234 e. The summed E-state index contributed by atoms with van der Waals surface area (Å²) in [5.41, 5.74) is 1.95. The molecule has 1 aliphatic heterocycles. The molecule has 1 aromatic rings. The lowest BCUT2D eigenvalue weighted by molar-refractivity contribution is -0.126. The Morgan fingerprint density at radius 3 is 2.43 bits per heavy atom. The van der Waals surface area contributed by atoms with Crippen molar-refractivity contribution in [2.45, 2.75) is 39.5 Å². The quantitative estimate of drug-likeness (QED) is 0.619. The second kappa shape index (κ2) is 7.44. The van der Waals surface area contributed by atoms with E-state index >= 15 is 0 Å². The normalized spacial score (nSPS) is 20.7. The van der Waals surface area contributed by atoms with Gasteiger partial charge >= 0.3 is 0 Å². The van der Waals surface area contributed by atoms with Gasteiger partial charge < -0.3 is 4.74 Å². The monoisotopic (exact) mass is 315 g/mol. The summed E-state index contributed by atoms with van der Waals surface area (Å²) >= 11 is 0. The molecular formula is C19H25NO3. The number of hydrogen-bond donors (Lipinski definition) is 1. The summed E-state index contributed by atoms with van der Waals surface area (Å²) in [5, 5.41) is 2.46. The SMILES string of the molecule is C=C(C)CCOc1ccc([C@H]2C(=O)NC(=O)[C@@H]2CC(C)C)cc1. The van der Waals surface area contributed by atoms with Crippen molar-refractivity contribution in [2.75, 3.05) is 6.61 Å². The first-order valence-corrected chi connectivity index (χ1v) is 8.10. The lowest BCUT2D eigenvalue weighted by Gasteiger charge is -2.18. The number of benzene rings is 1. The van der Waals surface area contributed by atoms with Crippen LogP contribution in [-0.4, -0.2) is 18.4 Å². The zero-order valence-electron chi connectivity index (χ0n) is 14.1. The van der Waals surface area contributed by atoms with Gasteiger partial charge in [-0.25, -0.2) is 0 Å². The van der Waals surface area contributed by atoms with Crippen molar-refractivity contribution < 1.29 is 14.3 Å². The van der Waals surface area contributed by atoms with Gasteiger partial charge in [-0.05, 0) is 37.0 Å². The van der Waals surface area contributed by atoms with Crippen molar-refractivity contribution >= 4 is 11.8 Å². The molecular weight excluding hydrogens is 290 g/mol. The highest BCUT2D eigenvalue weighted by Crippen LogP contribution is 2.34. The van der Waals surface area contributed by atoms with Gasteiger partial charge in [0.05, 0.1) is 18.4 Å². The predicted molar refractivity (Wildman–Crippen MR) is 90.2 cm³/mol. The second-order valence-electron chi connectivity index (χ2n) is 6.69. The van der Waals surface area contributed by atoms with Crippen molar-refractivity contribution in [3.8, 4) is 5.75 Å². The lowest BCUT2D eigenvalue weighted by atomic mass is 9.83. The van der Waals surface area contributed by atoms with Crippen LogP contribution in [-0.2, 0) is 9.59 Å². The number of carbonyl (C=O) groups is 2. The minimum atomic E-state index is -0.394. The van der Waals surface area contributed by atoms with Crippen LogP contribution >= 0.6 is 0 Å². The van der Waals surface area contributed by atoms with Crippen LogP contribution in [0.2, 0.25) is 0 Å². The van der Waals surface area contributed by atoms with E-state index in [0.29, 0.717) is 18.9 Å². The highest BCUT2D eigenvalue weighted by atomic mass is 16.5. The van der Waals surface area contributed by atoms with E-state index in [-0.39, 0.29) is 17.7 Å². The third kappa shape index (κ3) is 4.44. The topological polar surface area (TPSA) is 55.4 Å². The molecule has 124 valence electrons. The fraction of sp³-hybridized carbons (Fsp3) is 0.474. The molecule has 2 rings (SSSR count). The van der Waals surface area contributed by atoms with Crippen LogP contribution in [0.25, 0.3) is 0 Å². The van der Waals surface area contributed by atoms with Crippen LogP contribution in [0.15, 0.2) is 36.4 Å². The summed E-state index contributed by atoms with van der Waals surface area (Å²) in [6.07, 6.45) is 1.52. The van der Waals surface area contributed by atoms with E-state index in [1.807, 2.05) is 31.2 Å². The second-order valence-corrected chi connectivity index (χ2v) is 6.69. The number of imide groups is 1. The molecule has 0 spiro atoms. The summed E-state index contributed by atoms with van der Waals surface area (Å²) in [6.45, 7) is 10.5. The Balaban J connectivity index is 2.09. The zero-order valence-corrected chi connectivity index (χ0v) is 14.1. The Labute approximate surface area is 137 Å². The average molecular weight is 315 g/mol. The third-order valence-electron chi connectivity index (χ3n) is 4.03. The van der Waals surface area contributed by atoms with E-state index in [1.54, 1.807) is 0 Å². The minimum absolute atomic E-state index is 0.157. The minimum Gasteiger partial charge on any atom is -0.493 e. The van der Waals surface area contributed by atoms with Crippen molar-refractivity contribution in [3.05, 3.63) is 42.0 Å². The molecule has 4 heteroatoms. The van der Waals surface area contributed by atoms with Gasteiger partial charge in [0.25, 0.3) is 0 Å². The maximum absolute atomic E-state index is 12.1. The molecule has 0 aliphatic carbocycles. The molecule has 0 saturated carbocycles. The van der Waals surface area contributed by atoms with Crippen LogP contribution in [0.3, 0.4) is 0 Å².